The lowest BCUT2D eigenvalue weighted by Gasteiger charge is -2.35. The van der Waals surface area contributed by atoms with Crippen LogP contribution in [0.15, 0.2) is 60.8 Å². The molecule has 5 aromatic rings. The number of aromatic nitrogens is 3. The van der Waals surface area contributed by atoms with Crippen LogP contribution in [0.4, 0.5) is 25.1 Å². The number of terminal acetylenes is 1. The Morgan fingerprint density at radius 2 is 1.79 bits per heavy atom. The summed E-state index contributed by atoms with van der Waals surface area (Å²) in [7, 11) is 1.62. The van der Waals surface area contributed by atoms with E-state index in [1.807, 2.05) is 0 Å². The van der Waals surface area contributed by atoms with Crippen molar-refractivity contribution in [2.45, 2.75) is 93.9 Å². The van der Waals surface area contributed by atoms with Crippen LogP contribution in [-0.4, -0.2) is 147 Å². The highest BCUT2D eigenvalue weighted by atomic mass is 19.1. The first-order valence-corrected chi connectivity index (χ1v) is 25.5. The standard InChI is InChI=1S/C55H54F2N10O9/c1-4-36-41(56)13-8-30-19-35(68)21-39(45(30)36)47-46(57)48-40(23-58-47)49(65-25-32-9-10-33(26-65)59-32)63-53(62-48)76-28-55-17-16-34(66(55)24-29(2)22-55)27-75-54(74)64(3)18-6-5-7-43(69)60-31-11-12-37-38(20-31)52(73)67(51(37)72)42-14-15-44(70)61-50(42)71/h1,8,11-13,19-21,23,32-34,42,59,68H,2,5-7,9-10,14-18,22,24-28H2,3H3,(H,60,69)(H,61,70,71). The van der Waals surface area contributed by atoms with Gasteiger partial charge in [0.1, 0.15) is 47.9 Å². The number of anilines is 2. The fourth-order valence-electron chi connectivity index (χ4n) is 12.0. The van der Waals surface area contributed by atoms with E-state index in [-0.39, 0.29) is 107 Å². The van der Waals surface area contributed by atoms with Crippen molar-refractivity contribution in [1.29, 1.82) is 0 Å². The number of nitrogens with zero attached hydrogens (tertiary/aromatic N) is 7. The summed E-state index contributed by atoms with van der Waals surface area (Å²) in [4.78, 5) is 97.3. The largest absolute Gasteiger partial charge is 0.508 e. The van der Waals surface area contributed by atoms with E-state index in [9.17, 15) is 33.9 Å². The van der Waals surface area contributed by atoms with Crippen LogP contribution in [0, 0.1) is 24.0 Å². The van der Waals surface area contributed by atoms with Gasteiger partial charge in [-0.2, -0.15) is 9.97 Å². The van der Waals surface area contributed by atoms with Gasteiger partial charge in [0.05, 0.1) is 27.6 Å². The average molecular weight is 1040 g/mol. The molecule has 2 bridgehead atoms. The van der Waals surface area contributed by atoms with Gasteiger partial charge < -0.3 is 35.0 Å². The maximum absolute atomic E-state index is 17.2. The molecule has 19 nitrogen and oxygen atoms in total. The summed E-state index contributed by atoms with van der Waals surface area (Å²) >= 11 is 0. The Morgan fingerprint density at radius 1 is 1.00 bits per heavy atom. The molecule has 76 heavy (non-hydrogen) atoms. The molecule has 6 aliphatic rings. The third-order valence-corrected chi connectivity index (χ3v) is 15.6. The summed E-state index contributed by atoms with van der Waals surface area (Å²) < 4.78 is 44.7. The molecule has 392 valence electrons. The SMILES string of the molecule is C#Cc1c(F)ccc2cc(O)cc(-c3ncc4c(N5CC6CCC(C5)N6)nc(OCC56CCC(COC(=O)N(C)CCCCC(=O)Nc7ccc8c(c7)C(=O)N(C7CCC(=O)NC7=O)C8=O)N5CC(=C)C6)nc4c3F)c12. The van der Waals surface area contributed by atoms with Gasteiger partial charge in [0.15, 0.2) is 5.82 Å². The number of pyridine rings is 1. The first-order valence-electron chi connectivity index (χ1n) is 25.5. The van der Waals surface area contributed by atoms with Crippen LogP contribution in [0.2, 0.25) is 0 Å². The maximum atomic E-state index is 17.2. The van der Waals surface area contributed by atoms with Crippen molar-refractivity contribution in [3.63, 3.8) is 0 Å². The molecule has 5 unspecified atom stereocenters. The van der Waals surface area contributed by atoms with Gasteiger partial charge in [0.2, 0.25) is 17.7 Å². The highest BCUT2D eigenvalue weighted by Crippen LogP contribution is 2.45. The summed E-state index contributed by atoms with van der Waals surface area (Å²) in [6.07, 6.45) is 11.8. The van der Waals surface area contributed by atoms with E-state index in [4.69, 9.17) is 20.9 Å². The zero-order valence-electron chi connectivity index (χ0n) is 41.6. The number of aromatic hydroxyl groups is 1. The van der Waals surface area contributed by atoms with Crippen molar-refractivity contribution in [2.24, 2.45) is 0 Å². The number of benzene rings is 3. The molecule has 6 aliphatic heterocycles. The van der Waals surface area contributed by atoms with Crippen LogP contribution in [0.5, 0.6) is 11.8 Å². The molecule has 0 saturated carbocycles. The minimum atomic E-state index is -1.10. The van der Waals surface area contributed by atoms with Crippen molar-refractivity contribution in [3.05, 3.63) is 89.1 Å². The number of rotatable bonds is 14. The quantitative estimate of drug-likeness (QED) is 0.0461. The van der Waals surface area contributed by atoms with Crippen LogP contribution in [-0.2, 0) is 19.1 Å². The molecule has 5 atom stereocenters. The summed E-state index contributed by atoms with van der Waals surface area (Å²) in [5.74, 6) is -1.65. The zero-order chi connectivity index (χ0) is 53.2. The Hall–Kier alpha value is -8.09. The van der Waals surface area contributed by atoms with Crippen molar-refractivity contribution < 1.29 is 52.1 Å². The summed E-state index contributed by atoms with van der Waals surface area (Å²) in [5.41, 5.74) is 0.683. The summed E-state index contributed by atoms with van der Waals surface area (Å²) in [6, 6.07) is 8.88. The Bertz CT molecular complexity index is 3360. The van der Waals surface area contributed by atoms with Crippen molar-refractivity contribution in [1.82, 2.24) is 40.3 Å². The molecule has 5 saturated heterocycles. The molecule has 8 heterocycles. The van der Waals surface area contributed by atoms with Crippen LogP contribution >= 0.6 is 0 Å². The Morgan fingerprint density at radius 3 is 2.57 bits per heavy atom. The fraction of sp³-hybridized carbons (Fsp3) is 0.400. The van der Waals surface area contributed by atoms with E-state index < -0.39 is 52.9 Å². The number of ether oxygens (including phenoxy) is 2. The smallest absolute Gasteiger partial charge is 0.409 e. The van der Waals surface area contributed by atoms with Crippen molar-refractivity contribution in [2.75, 3.05) is 56.7 Å². The maximum Gasteiger partial charge on any atom is 0.409 e. The number of fused-ring (bicyclic) bond motifs is 6. The molecule has 0 radical (unpaired) electrons. The van der Waals surface area contributed by atoms with E-state index >= 15 is 8.78 Å². The topological polar surface area (TPSA) is 229 Å². The lowest BCUT2D eigenvalue weighted by atomic mass is 9.94. The highest BCUT2D eigenvalue weighted by Gasteiger charge is 2.52. The van der Waals surface area contributed by atoms with Gasteiger partial charge in [-0.3, -0.25) is 44.1 Å². The molecule has 21 heteroatoms. The first kappa shape index (κ1) is 50.1. The molecule has 4 N–H and O–H groups in total. The van der Waals surface area contributed by atoms with E-state index in [0.717, 1.165) is 23.3 Å². The Kier molecular flexibility index (Phi) is 13.1. The number of carbonyl (C=O) groups excluding carboxylic acids is 6. The highest BCUT2D eigenvalue weighted by molar-refractivity contribution is 6.24. The number of hydrogen-bond acceptors (Lipinski definition) is 15. The molecule has 6 amide bonds. The van der Waals surface area contributed by atoms with Gasteiger partial charge in [-0.25, -0.2) is 13.6 Å². The molecular weight excluding hydrogens is 983 g/mol. The minimum Gasteiger partial charge on any atom is -0.508 e. The number of phenolic OH excluding ortho intramolecular Hbond substituents is 1. The second-order valence-electron chi connectivity index (χ2n) is 20.7. The number of nitrogens with one attached hydrogen (secondary N) is 3. The normalized spacial score (nSPS) is 23.0. The number of piperidine rings is 1. The number of amides is 6. The van der Waals surface area contributed by atoms with E-state index in [2.05, 4.69) is 48.2 Å². The molecule has 3 aromatic carbocycles. The number of hydrogen-bond donors (Lipinski definition) is 4. The molecule has 5 fully saturated rings. The van der Waals surface area contributed by atoms with Crippen LogP contribution < -0.4 is 25.6 Å². The van der Waals surface area contributed by atoms with Gasteiger partial charge in [-0.1, -0.05) is 24.1 Å². The van der Waals surface area contributed by atoms with Gasteiger partial charge in [-0.15, -0.1) is 6.42 Å². The predicted molar refractivity (Wildman–Crippen MR) is 273 cm³/mol. The average Bonchev–Trinajstić information content (AvgIpc) is 4.12. The molecule has 0 aliphatic carbocycles. The number of carbonyl (C=O) groups is 6. The van der Waals surface area contributed by atoms with Crippen molar-refractivity contribution in [3.8, 4) is 35.4 Å². The number of halogens is 2. The van der Waals surface area contributed by atoms with Gasteiger partial charge in [0, 0.05) is 87.0 Å². The first-order chi connectivity index (χ1) is 36.6. The lowest BCUT2D eigenvalue weighted by molar-refractivity contribution is -0.136. The summed E-state index contributed by atoms with van der Waals surface area (Å²) in [6.45, 7) is 6.67. The third-order valence-electron chi connectivity index (χ3n) is 15.6. The Balaban J connectivity index is 0.720. The zero-order valence-corrected chi connectivity index (χ0v) is 41.6. The number of piperazine rings is 1. The molecule has 2 aromatic heterocycles. The second kappa shape index (κ2) is 19.9. The number of phenols is 1. The molecular formula is C55H54F2N10O9. The van der Waals surface area contributed by atoms with E-state index in [1.165, 1.54) is 53.6 Å². The number of unbranched alkanes of at least 4 members (excludes halogenated alkanes) is 1. The Labute approximate surface area is 435 Å². The lowest BCUT2D eigenvalue weighted by Crippen LogP contribution is -2.54. The van der Waals surface area contributed by atoms with E-state index in [0.29, 0.717) is 80.6 Å². The predicted octanol–water partition coefficient (Wildman–Crippen LogP) is 5.57. The van der Waals surface area contributed by atoms with Crippen LogP contribution in [0.25, 0.3) is 32.9 Å². The van der Waals surface area contributed by atoms with Gasteiger partial charge in [-0.05, 0) is 93.2 Å². The third kappa shape index (κ3) is 9.18. The van der Waals surface area contributed by atoms with Gasteiger partial charge in [0.25, 0.3) is 11.8 Å². The minimum absolute atomic E-state index is 0.00150. The second-order valence-corrected chi connectivity index (χ2v) is 20.7. The van der Waals surface area contributed by atoms with Crippen LogP contribution in [0.3, 0.4) is 0 Å². The monoisotopic (exact) mass is 1040 g/mol. The number of imide groups is 2. The van der Waals surface area contributed by atoms with E-state index in [1.54, 1.807) is 7.05 Å². The fourth-order valence-corrected chi connectivity index (χ4v) is 12.0. The molecule has 11 rings (SSSR count). The van der Waals surface area contributed by atoms with Gasteiger partial charge >= 0.3 is 12.1 Å². The molecule has 0 spiro atoms. The van der Waals surface area contributed by atoms with Crippen molar-refractivity contribution >= 4 is 68.8 Å². The van der Waals surface area contributed by atoms with Crippen LogP contribution in [0.1, 0.15) is 90.5 Å². The summed E-state index contributed by atoms with van der Waals surface area (Å²) in [5, 5.41) is 20.3.